The summed E-state index contributed by atoms with van der Waals surface area (Å²) in [6.45, 7) is 3.87. The molecule has 180 valence electrons. The number of amides is 1. The Morgan fingerprint density at radius 3 is 2.63 bits per heavy atom. The van der Waals surface area contributed by atoms with E-state index in [2.05, 4.69) is 20.4 Å². The summed E-state index contributed by atoms with van der Waals surface area (Å²) < 4.78 is 17.4. The third-order valence-corrected chi connectivity index (χ3v) is 5.11. The van der Waals surface area contributed by atoms with Gasteiger partial charge in [-0.2, -0.15) is 9.78 Å². The van der Waals surface area contributed by atoms with Gasteiger partial charge in [-0.15, -0.1) is 0 Å². The molecule has 2 N–H and O–H groups in total. The zero-order valence-corrected chi connectivity index (χ0v) is 19.7. The number of benzene rings is 1. The van der Waals surface area contributed by atoms with Gasteiger partial charge in [-0.05, 0) is 41.8 Å². The second-order valence-electron chi connectivity index (χ2n) is 7.89. The molecule has 4 aromatic rings. The molecule has 3 heterocycles. The summed E-state index contributed by atoms with van der Waals surface area (Å²) in [6.07, 6.45) is 4.55. The van der Waals surface area contributed by atoms with E-state index in [1.807, 2.05) is 13.8 Å². The number of anilines is 1. The third-order valence-electron chi connectivity index (χ3n) is 5.11. The van der Waals surface area contributed by atoms with Gasteiger partial charge in [0.05, 0.1) is 26.2 Å². The summed E-state index contributed by atoms with van der Waals surface area (Å²) in [4.78, 5) is 32.2. The number of hydrogen-bond acceptors (Lipinski definition) is 7. The van der Waals surface area contributed by atoms with Gasteiger partial charge in [0, 0.05) is 18.2 Å². The highest BCUT2D eigenvalue weighted by Gasteiger charge is 2.17. The summed E-state index contributed by atoms with van der Waals surface area (Å²) in [5.41, 5.74) is 1.49. The van der Waals surface area contributed by atoms with Gasteiger partial charge in [0.15, 0.2) is 17.3 Å². The lowest BCUT2D eigenvalue weighted by molar-refractivity contribution is -0.111. The number of ether oxygens (including phenoxy) is 2. The van der Waals surface area contributed by atoms with E-state index in [0.29, 0.717) is 34.5 Å². The Hall–Kier alpha value is -4.60. The van der Waals surface area contributed by atoms with Gasteiger partial charge < -0.3 is 19.2 Å². The number of nitrogens with one attached hydrogen (secondary N) is 2. The van der Waals surface area contributed by atoms with Crippen LogP contribution in [-0.4, -0.2) is 39.9 Å². The highest BCUT2D eigenvalue weighted by Crippen LogP contribution is 2.28. The number of furan rings is 1. The van der Waals surface area contributed by atoms with Crippen LogP contribution in [0.1, 0.15) is 31.0 Å². The molecule has 1 aromatic carbocycles. The second kappa shape index (κ2) is 10.1. The van der Waals surface area contributed by atoms with Crippen LogP contribution in [0.5, 0.6) is 11.5 Å². The lowest BCUT2D eigenvalue weighted by Crippen LogP contribution is -2.18. The summed E-state index contributed by atoms with van der Waals surface area (Å²) in [5, 5.41) is 7.29. The van der Waals surface area contributed by atoms with Crippen LogP contribution < -0.4 is 20.3 Å². The van der Waals surface area contributed by atoms with Crippen molar-refractivity contribution in [1.29, 1.82) is 0 Å². The van der Waals surface area contributed by atoms with Gasteiger partial charge in [0.2, 0.25) is 11.9 Å². The van der Waals surface area contributed by atoms with Crippen LogP contribution in [-0.2, 0) is 4.79 Å². The normalized spacial score (nSPS) is 11.2. The maximum atomic E-state index is 12.8. The fourth-order valence-corrected chi connectivity index (χ4v) is 3.33. The topological polar surface area (TPSA) is 124 Å². The summed E-state index contributed by atoms with van der Waals surface area (Å²) in [5.74, 6) is 1.75. The zero-order chi connectivity index (χ0) is 24.9. The largest absolute Gasteiger partial charge is 0.493 e. The van der Waals surface area contributed by atoms with Crippen LogP contribution in [0.15, 0.2) is 64.0 Å². The molecule has 0 aliphatic rings. The molecule has 0 fully saturated rings. The van der Waals surface area contributed by atoms with Crippen molar-refractivity contribution in [2.75, 3.05) is 19.5 Å². The standard InChI is InChI=1S/C25H25N5O5/c1-15(2)17-14-24(32)28-25(26-17)30-22(13-18(29-30)19-6-5-11-35-19)27-23(31)10-8-16-7-9-20(33-3)21(12-16)34-4/h5-15H,1-4H3,(H,27,31)(H,26,28,32)/b10-8-. The molecule has 3 aromatic heterocycles. The average Bonchev–Trinajstić information content (AvgIpc) is 3.52. The van der Waals surface area contributed by atoms with E-state index in [-0.39, 0.29) is 17.4 Å². The summed E-state index contributed by atoms with van der Waals surface area (Å²) >= 11 is 0. The van der Waals surface area contributed by atoms with Crippen molar-refractivity contribution in [2.45, 2.75) is 19.8 Å². The van der Waals surface area contributed by atoms with Gasteiger partial charge in [0.25, 0.3) is 5.56 Å². The number of methoxy groups -OCH3 is 2. The number of aromatic nitrogens is 4. The molecule has 0 saturated heterocycles. The van der Waals surface area contributed by atoms with Crippen LogP contribution in [0.3, 0.4) is 0 Å². The number of aromatic amines is 1. The van der Waals surface area contributed by atoms with Gasteiger partial charge in [-0.25, -0.2) is 4.98 Å². The number of nitrogens with zero attached hydrogens (tertiary/aromatic N) is 3. The maximum Gasteiger partial charge on any atom is 0.252 e. The molecule has 0 atom stereocenters. The molecule has 0 radical (unpaired) electrons. The van der Waals surface area contributed by atoms with Gasteiger partial charge in [0.1, 0.15) is 11.5 Å². The molecule has 0 aliphatic carbocycles. The predicted molar refractivity (Wildman–Crippen MR) is 131 cm³/mol. The Bertz CT molecular complexity index is 1420. The Morgan fingerprint density at radius 1 is 1.14 bits per heavy atom. The van der Waals surface area contributed by atoms with Crippen LogP contribution >= 0.6 is 0 Å². The molecule has 0 spiro atoms. The molecule has 10 nitrogen and oxygen atoms in total. The molecule has 0 unspecified atom stereocenters. The van der Waals surface area contributed by atoms with Crippen molar-refractivity contribution in [3.8, 4) is 28.9 Å². The number of carbonyl (C=O) groups is 1. The molecule has 0 bridgehead atoms. The number of rotatable bonds is 8. The molecular weight excluding hydrogens is 450 g/mol. The zero-order valence-electron chi connectivity index (χ0n) is 19.7. The van der Waals surface area contributed by atoms with Crippen molar-refractivity contribution in [2.24, 2.45) is 0 Å². The molecule has 35 heavy (non-hydrogen) atoms. The first-order valence-corrected chi connectivity index (χ1v) is 10.8. The lowest BCUT2D eigenvalue weighted by atomic mass is 10.1. The molecule has 4 rings (SSSR count). The first-order chi connectivity index (χ1) is 16.9. The average molecular weight is 476 g/mol. The fourth-order valence-electron chi connectivity index (χ4n) is 3.33. The smallest absolute Gasteiger partial charge is 0.252 e. The minimum atomic E-state index is -0.408. The Kier molecular flexibility index (Phi) is 6.81. The van der Waals surface area contributed by atoms with Gasteiger partial charge >= 0.3 is 0 Å². The van der Waals surface area contributed by atoms with Crippen molar-refractivity contribution < 1.29 is 18.7 Å². The van der Waals surface area contributed by atoms with E-state index >= 15 is 0 Å². The highest BCUT2D eigenvalue weighted by atomic mass is 16.5. The van der Waals surface area contributed by atoms with Gasteiger partial charge in [-0.3, -0.25) is 14.6 Å². The van der Waals surface area contributed by atoms with Crippen LogP contribution in [0.4, 0.5) is 5.82 Å². The molecule has 0 aliphatic heterocycles. The predicted octanol–water partition coefficient (Wildman–Crippen LogP) is 4.01. The fraction of sp³-hybridized carbons (Fsp3) is 0.200. The molecule has 1 amide bonds. The van der Waals surface area contributed by atoms with Crippen molar-refractivity contribution >= 4 is 17.8 Å². The summed E-state index contributed by atoms with van der Waals surface area (Å²) in [7, 11) is 3.10. The van der Waals surface area contributed by atoms with E-state index in [9.17, 15) is 9.59 Å². The Balaban J connectivity index is 1.66. The quantitative estimate of drug-likeness (QED) is 0.369. The first kappa shape index (κ1) is 23.6. The monoisotopic (exact) mass is 475 g/mol. The maximum absolute atomic E-state index is 12.8. The van der Waals surface area contributed by atoms with E-state index in [1.54, 1.807) is 56.7 Å². The van der Waals surface area contributed by atoms with E-state index in [4.69, 9.17) is 13.9 Å². The van der Waals surface area contributed by atoms with Gasteiger partial charge in [-0.1, -0.05) is 19.9 Å². The lowest BCUT2D eigenvalue weighted by Gasteiger charge is -2.09. The minimum absolute atomic E-state index is 0.0265. The third kappa shape index (κ3) is 5.32. The van der Waals surface area contributed by atoms with Crippen LogP contribution in [0, 0.1) is 0 Å². The Morgan fingerprint density at radius 2 is 1.94 bits per heavy atom. The number of H-pyrrole nitrogens is 1. The number of hydrogen-bond donors (Lipinski definition) is 2. The van der Waals surface area contributed by atoms with E-state index < -0.39 is 5.91 Å². The Labute approximate surface area is 201 Å². The highest BCUT2D eigenvalue weighted by molar-refractivity contribution is 6.01. The minimum Gasteiger partial charge on any atom is -0.493 e. The first-order valence-electron chi connectivity index (χ1n) is 10.8. The SMILES string of the molecule is COc1ccc(/C=C\C(=O)Nc2cc(-c3ccco3)nn2-c2nc(C(C)C)cc(=O)[nH]2)cc1OC. The molecule has 10 heteroatoms. The molecule has 0 saturated carbocycles. The van der Waals surface area contributed by atoms with Crippen LogP contribution in [0.25, 0.3) is 23.5 Å². The van der Waals surface area contributed by atoms with Crippen molar-refractivity contribution in [3.05, 3.63) is 76.4 Å². The van der Waals surface area contributed by atoms with Crippen molar-refractivity contribution in [1.82, 2.24) is 19.7 Å². The van der Waals surface area contributed by atoms with E-state index in [0.717, 1.165) is 5.56 Å². The van der Waals surface area contributed by atoms with Crippen LogP contribution in [0.2, 0.25) is 0 Å². The second-order valence-corrected chi connectivity index (χ2v) is 7.89. The van der Waals surface area contributed by atoms with E-state index in [1.165, 1.54) is 23.1 Å². The molecular formula is C25H25N5O5. The summed E-state index contributed by atoms with van der Waals surface area (Å²) in [6, 6.07) is 11.9. The number of carbonyl (C=O) groups excluding carboxylic acids is 1. The van der Waals surface area contributed by atoms with Crippen molar-refractivity contribution in [3.63, 3.8) is 0 Å².